The highest BCUT2D eigenvalue weighted by molar-refractivity contribution is 5.89. The number of aromatic nitrogens is 4. The molecule has 3 atom stereocenters. The van der Waals surface area contributed by atoms with Crippen LogP contribution in [-0.2, 0) is 40.6 Å². The number of nitrogens with zero attached hydrogens (tertiary/aromatic N) is 4. The van der Waals surface area contributed by atoms with E-state index >= 15 is 0 Å². The van der Waals surface area contributed by atoms with Crippen LogP contribution in [0.5, 0.6) is 11.5 Å². The summed E-state index contributed by atoms with van der Waals surface area (Å²) >= 11 is 0. The standard InChI is InChI=1S/C40H51N7O6/c1-8-12-36(48)46(23(5)9-2)19-34-41-17-30(43-34)25-13-27-21-53-33-16-26(14-28-22-52-32(15-25)37(27)38(28)33)31-18-42-35(44-31)20-47(24(6)10-3)39(49)29(11-4)45-40(50)51-7/h13-18,23-24,29H,8-12,19-22H2,1-7H3,(H,41,43)(H,42,44)(H,45,50)/t23-,24-,29-/m0/s1. The summed E-state index contributed by atoms with van der Waals surface area (Å²) in [6, 6.07) is 7.64. The highest BCUT2D eigenvalue weighted by Crippen LogP contribution is 2.50. The largest absolute Gasteiger partial charge is 0.488 e. The van der Waals surface area contributed by atoms with Crippen LogP contribution in [0.25, 0.3) is 33.6 Å². The van der Waals surface area contributed by atoms with Crippen LogP contribution in [0.2, 0.25) is 0 Å². The monoisotopic (exact) mass is 725 g/mol. The Morgan fingerprint density at radius 1 is 0.792 bits per heavy atom. The number of alkyl carbamates (subject to hydrolysis) is 1. The molecule has 0 saturated carbocycles. The minimum atomic E-state index is -0.703. The number of methoxy groups -OCH3 is 1. The fourth-order valence-electron chi connectivity index (χ4n) is 6.97. The normalized spacial score (nSPS) is 14.2. The molecule has 13 heteroatoms. The quantitative estimate of drug-likeness (QED) is 0.117. The smallest absolute Gasteiger partial charge is 0.407 e. The lowest BCUT2D eigenvalue weighted by molar-refractivity contribution is -0.136. The zero-order valence-electron chi connectivity index (χ0n) is 31.8. The van der Waals surface area contributed by atoms with Crippen LogP contribution in [0.15, 0.2) is 36.7 Å². The van der Waals surface area contributed by atoms with E-state index in [1.54, 1.807) is 11.1 Å². The third-order valence-electron chi connectivity index (χ3n) is 10.4. The summed E-state index contributed by atoms with van der Waals surface area (Å²) in [7, 11) is 1.28. The molecule has 282 valence electrons. The van der Waals surface area contributed by atoms with Gasteiger partial charge in [-0.2, -0.15) is 0 Å². The number of benzene rings is 2. The Balaban J connectivity index is 1.23. The second-order valence-corrected chi connectivity index (χ2v) is 13.9. The molecule has 2 aliphatic rings. The Hall–Kier alpha value is -5.33. The zero-order chi connectivity index (χ0) is 37.8. The molecule has 4 aromatic rings. The van der Waals surface area contributed by atoms with Crippen molar-refractivity contribution in [1.82, 2.24) is 35.1 Å². The Kier molecular flexibility index (Phi) is 11.4. The van der Waals surface area contributed by atoms with Gasteiger partial charge in [0.05, 0.1) is 44.0 Å². The molecular formula is C40H51N7O6. The maximum absolute atomic E-state index is 13.5. The summed E-state index contributed by atoms with van der Waals surface area (Å²) in [6.07, 6.45) is 6.33. The maximum atomic E-state index is 13.5. The number of carbonyl (C=O) groups excluding carboxylic acids is 3. The van der Waals surface area contributed by atoms with E-state index in [1.807, 2.05) is 50.9 Å². The van der Waals surface area contributed by atoms with Crippen molar-refractivity contribution in [2.45, 2.75) is 118 Å². The van der Waals surface area contributed by atoms with Gasteiger partial charge in [0.15, 0.2) is 0 Å². The molecule has 13 nitrogen and oxygen atoms in total. The molecule has 0 saturated heterocycles. The van der Waals surface area contributed by atoms with E-state index in [9.17, 15) is 14.4 Å². The lowest BCUT2D eigenvalue weighted by atomic mass is 9.87. The number of imidazole rings is 2. The van der Waals surface area contributed by atoms with Crippen LogP contribution >= 0.6 is 0 Å². The molecule has 0 radical (unpaired) electrons. The number of ether oxygens (including phenoxy) is 3. The second-order valence-electron chi connectivity index (χ2n) is 13.9. The van der Waals surface area contributed by atoms with Gasteiger partial charge in [0, 0.05) is 51.9 Å². The van der Waals surface area contributed by atoms with Crippen molar-refractivity contribution in [3.8, 4) is 45.1 Å². The third-order valence-corrected chi connectivity index (χ3v) is 10.4. The minimum absolute atomic E-state index is 0.0744. The number of rotatable bonds is 15. The number of amides is 3. The molecule has 2 aromatic heterocycles. The summed E-state index contributed by atoms with van der Waals surface area (Å²) in [5.74, 6) is 2.91. The van der Waals surface area contributed by atoms with Gasteiger partial charge < -0.3 is 39.3 Å². The van der Waals surface area contributed by atoms with Crippen molar-refractivity contribution in [3.05, 3.63) is 59.4 Å². The number of H-pyrrole nitrogens is 2. The first-order valence-electron chi connectivity index (χ1n) is 18.7. The highest BCUT2D eigenvalue weighted by Gasteiger charge is 2.31. The van der Waals surface area contributed by atoms with Crippen molar-refractivity contribution < 1.29 is 28.6 Å². The molecular weight excluding hydrogens is 674 g/mol. The number of carbonyl (C=O) groups is 3. The Morgan fingerprint density at radius 2 is 1.30 bits per heavy atom. The molecule has 3 N–H and O–H groups in total. The van der Waals surface area contributed by atoms with E-state index < -0.39 is 12.1 Å². The molecule has 0 fully saturated rings. The van der Waals surface area contributed by atoms with Crippen LogP contribution in [0, 0.1) is 0 Å². The summed E-state index contributed by atoms with van der Waals surface area (Å²) in [4.78, 5) is 58.1. The molecule has 0 bridgehead atoms. The van der Waals surface area contributed by atoms with Gasteiger partial charge in [-0.25, -0.2) is 14.8 Å². The average molecular weight is 726 g/mol. The van der Waals surface area contributed by atoms with E-state index in [0.29, 0.717) is 38.4 Å². The van der Waals surface area contributed by atoms with Crippen LogP contribution < -0.4 is 14.8 Å². The Bertz CT molecular complexity index is 1920. The fourth-order valence-corrected chi connectivity index (χ4v) is 6.97. The maximum Gasteiger partial charge on any atom is 0.407 e. The molecule has 2 aliphatic heterocycles. The van der Waals surface area contributed by atoms with Gasteiger partial charge in [-0.1, -0.05) is 27.7 Å². The average Bonchev–Trinajstić information content (AvgIpc) is 3.86. The Labute approximate surface area is 310 Å². The summed E-state index contributed by atoms with van der Waals surface area (Å²) in [5, 5.41) is 2.65. The van der Waals surface area contributed by atoms with Crippen molar-refractivity contribution in [3.63, 3.8) is 0 Å². The summed E-state index contributed by atoms with van der Waals surface area (Å²) in [5.41, 5.74) is 7.61. The predicted octanol–water partition coefficient (Wildman–Crippen LogP) is 7.11. The second kappa shape index (κ2) is 16.1. The molecule has 3 amide bonds. The SMILES string of the molecule is CCCC(=O)N(Cc1ncc(-c2cc3c4c(c2)OCc2cc(-c5cnc(CN(C(=O)[C@H](CC)NC(=O)OC)[C@@H](C)CC)[nH]5)cc(c2-4)OC3)[nH]1)[C@@H](C)CC. The van der Waals surface area contributed by atoms with Crippen molar-refractivity contribution in [1.29, 1.82) is 0 Å². The molecule has 53 heavy (non-hydrogen) atoms. The van der Waals surface area contributed by atoms with E-state index in [4.69, 9.17) is 14.2 Å². The Morgan fingerprint density at radius 3 is 1.77 bits per heavy atom. The molecule has 2 aromatic carbocycles. The molecule has 0 unspecified atom stereocenters. The van der Waals surface area contributed by atoms with Gasteiger partial charge in [-0.05, 0) is 63.8 Å². The first-order chi connectivity index (χ1) is 25.6. The van der Waals surface area contributed by atoms with E-state index in [1.165, 1.54) is 7.11 Å². The summed E-state index contributed by atoms with van der Waals surface area (Å²) < 4.78 is 17.5. The van der Waals surface area contributed by atoms with Crippen LogP contribution in [0.3, 0.4) is 0 Å². The van der Waals surface area contributed by atoms with Crippen LogP contribution in [-0.4, -0.2) is 72.9 Å². The van der Waals surface area contributed by atoms with E-state index in [2.05, 4.69) is 51.2 Å². The van der Waals surface area contributed by atoms with Gasteiger partial charge in [-0.15, -0.1) is 0 Å². The van der Waals surface area contributed by atoms with Gasteiger partial charge in [0.25, 0.3) is 0 Å². The van der Waals surface area contributed by atoms with Crippen molar-refractivity contribution in [2.24, 2.45) is 0 Å². The minimum Gasteiger partial charge on any atom is -0.488 e. The van der Waals surface area contributed by atoms with Gasteiger partial charge >= 0.3 is 6.09 Å². The first kappa shape index (κ1) is 37.4. The lowest BCUT2D eigenvalue weighted by Crippen LogP contribution is -2.50. The predicted molar refractivity (Wildman–Crippen MR) is 201 cm³/mol. The zero-order valence-corrected chi connectivity index (χ0v) is 31.8. The van der Waals surface area contributed by atoms with Crippen molar-refractivity contribution in [2.75, 3.05) is 7.11 Å². The fraction of sp³-hybridized carbons (Fsp3) is 0.475. The van der Waals surface area contributed by atoms with Crippen LogP contribution in [0.1, 0.15) is 96.4 Å². The molecule has 4 heterocycles. The third kappa shape index (κ3) is 7.74. The van der Waals surface area contributed by atoms with Crippen molar-refractivity contribution >= 4 is 17.9 Å². The molecule has 0 spiro atoms. The number of hydrogen-bond donors (Lipinski definition) is 3. The van der Waals surface area contributed by atoms with E-state index in [0.717, 1.165) is 81.4 Å². The topological polar surface area (TPSA) is 155 Å². The van der Waals surface area contributed by atoms with Gasteiger partial charge in [0.1, 0.15) is 42.4 Å². The number of nitrogens with one attached hydrogen (secondary N) is 3. The number of aromatic amines is 2. The lowest BCUT2D eigenvalue weighted by Gasteiger charge is -2.31. The van der Waals surface area contributed by atoms with Gasteiger partial charge in [-0.3, -0.25) is 9.59 Å². The molecule has 0 aliphatic carbocycles. The highest BCUT2D eigenvalue weighted by atomic mass is 16.5. The van der Waals surface area contributed by atoms with Gasteiger partial charge in [0.2, 0.25) is 11.8 Å². The first-order valence-corrected chi connectivity index (χ1v) is 18.7. The summed E-state index contributed by atoms with van der Waals surface area (Å²) in [6.45, 7) is 13.5. The van der Waals surface area contributed by atoms with Crippen LogP contribution in [0.4, 0.5) is 4.79 Å². The molecule has 6 rings (SSSR count). The van der Waals surface area contributed by atoms with E-state index in [-0.39, 0.29) is 30.4 Å². The number of hydrogen-bond acceptors (Lipinski definition) is 8.